The van der Waals surface area contributed by atoms with Crippen molar-refractivity contribution >= 4 is 33.4 Å². The van der Waals surface area contributed by atoms with Crippen LogP contribution in [0.3, 0.4) is 0 Å². The van der Waals surface area contributed by atoms with Crippen LogP contribution in [0.4, 0.5) is 5.69 Å². The number of rotatable bonds is 9. The van der Waals surface area contributed by atoms with Crippen molar-refractivity contribution in [2.45, 2.75) is 25.7 Å². The van der Waals surface area contributed by atoms with Crippen molar-refractivity contribution in [2.75, 3.05) is 17.9 Å². The number of carbonyl (C=O) groups excluding carboxylic acids is 3. The summed E-state index contributed by atoms with van der Waals surface area (Å²) >= 11 is 0. The molecule has 2 aromatic carbocycles. The maximum absolute atomic E-state index is 12.6. The van der Waals surface area contributed by atoms with E-state index in [1.807, 2.05) is 0 Å². The first-order valence-electron chi connectivity index (χ1n) is 10.4. The van der Waals surface area contributed by atoms with Crippen LogP contribution in [0.15, 0.2) is 59.5 Å². The zero-order chi connectivity index (χ0) is 24.9. The van der Waals surface area contributed by atoms with Crippen molar-refractivity contribution in [1.82, 2.24) is 4.98 Å². The number of ether oxygens (including phenoxy) is 2. The van der Waals surface area contributed by atoms with Gasteiger partial charge in [-0.25, -0.2) is 18.0 Å². The second kappa shape index (κ2) is 10.3. The Morgan fingerprint density at radius 3 is 2.18 bits per heavy atom. The first-order chi connectivity index (χ1) is 16.1. The van der Waals surface area contributed by atoms with Gasteiger partial charge in [-0.15, -0.1) is 0 Å². The molecule has 3 aromatic rings. The number of carbonyl (C=O) groups is 3. The zero-order valence-electron chi connectivity index (χ0n) is 18.9. The number of hydrogen-bond acceptors (Lipinski definition) is 7. The molecule has 2 N–H and O–H groups in total. The molecule has 10 heteroatoms. The summed E-state index contributed by atoms with van der Waals surface area (Å²) in [5.41, 5.74) is 1.81. The Morgan fingerprint density at radius 2 is 1.56 bits per heavy atom. The van der Waals surface area contributed by atoms with Crippen LogP contribution in [0.1, 0.15) is 49.4 Å². The van der Waals surface area contributed by atoms with Crippen LogP contribution in [0, 0.1) is 13.8 Å². The molecule has 0 saturated heterocycles. The largest absolute Gasteiger partial charge is 0.462 e. The highest BCUT2D eigenvalue weighted by Gasteiger charge is 2.24. The lowest BCUT2D eigenvalue weighted by Crippen LogP contribution is -2.16. The number of Topliss-reactive ketones (excluding diaryl/α,β-unsaturated/α-hetero) is 1. The van der Waals surface area contributed by atoms with Crippen LogP contribution >= 0.6 is 0 Å². The standard InChI is InChI=1S/C24H24N2O7S/c1-4-32-24(29)21-15(2)22(25-16(21)3)20(27)14-33-23(28)17-10-12-19(13-11-17)34(30,31)26-18-8-6-5-7-9-18/h5-13,25-26H,4,14H2,1-3H3. The van der Waals surface area contributed by atoms with Gasteiger partial charge in [-0.2, -0.15) is 0 Å². The minimum absolute atomic E-state index is 0.0343. The SMILES string of the molecule is CCOC(=O)c1c(C)[nH]c(C(=O)COC(=O)c2ccc(S(=O)(=O)Nc3ccccc3)cc2)c1C. The molecule has 0 unspecified atom stereocenters. The first-order valence-corrected chi connectivity index (χ1v) is 11.9. The Bertz CT molecular complexity index is 1310. The minimum atomic E-state index is -3.83. The van der Waals surface area contributed by atoms with Crippen LogP contribution < -0.4 is 4.72 Å². The second-order valence-corrected chi connectivity index (χ2v) is 9.02. The Hall–Kier alpha value is -3.92. The van der Waals surface area contributed by atoms with E-state index >= 15 is 0 Å². The van der Waals surface area contributed by atoms with E-state index < -0.39 is 34.4 Å². The normalized spacial score (nSPS) is 11.0. The van der Waals surface area contributed by atoms with Crippen LogP contribution in [0.25, 0.3) is 0 Å². The highest BCUT2D eigenvalue weighted by atomic mass is 32.2. The number of anilines is 1. The number of ketones is 1. The van der Waals surface area contributed by atoms with Crippen LogP contribution in [0.2, 0.25) is 0 Å². The lowest BCUT2D eigenvalue weighted by Gasteiger charge is -2.09. The molecule has 34 heavy (non-hydrogen) atoms. The monoisotopic (exact) mass is 484 g/mol. The fraction of sp³-hybridized carbons (Fsp3) is 0.208. The van der Waals surface area contributed by atoms with E-state index in [0.717, 1.165) is 0 Å². The van der Waals surface area contributed by atoms with Crippen LogP contribution in [-0.2, 0) is 19.5 Å². The van der Waals surface area contributed by atoms with E-state index in [2.05, 4.69) is 9.71 Å². The van der Waals surface area contributed by atoms with Crippen LogP contribution in [0.5, 0.6) is 0 Å². The number of esters is 2. The third-order valence-electron chi connectivity index (χ3n) is 4.96. The van der Waals surface area contributed by atoms with E-state index in [1.54, 1.807) is 51.1 Å². The number of nitrogens with one attached hydrogen (secondary N) is 2. The van der Waals surface area contributed by atoms with Gasteiger partial charge >= 0.3 is 11.9 Å². The maximum atomic E-state index is 12.6. The van der Waals surface area contributed by atoms with Crippen molar-refractivity contribution in [3.63, 3.8) is 0 Å². The highest BCUT2D eigenvalue weighted by molar-refractivity contribution is 7.92. The lowest BCUT2D eigenvalue weighted by atomic mass is 10.1. The second-order valence-electron chi connectivity index (χ2n) is 7.34. The molecular weight excluding hydrogens is 460 g/mol. The molecule has 0 aliphatic carbocycles. The summed E-state index contributed by atoms with van der Waals surface area (Å²) in [6, 6.07) is 13.5. The summed E-state index contributed by atoms with van der Waals surface area (Å²) in [6.45, 7) is 4.57. The third-order valence-corrected chi connectivity index (χ3v) is 6.35. The molecule has 1 heterocycles. The first kappa shape index (κ1) is 24.7. The van der Waals surface area contributed by atoms with E-state index in [0.29, 0.717) is 16.9 Å². The topological polar surface area (TPSA) is 132 Å². The summed E-state index contributed by atoms with van der Waals surface area (Å²) in [5.74, 6) is -1.85. The van der Waals surface area contributed by atoms with Gasteiger partial charge in [0.2, 0.25) is 5.78 Å². The van der Waals surface area contributed by atoms with Crippen molar-refractivity contribution in [1.29, 1.82) is 0 Å². The average molecular weight is 485 g/mol. The Morgan fingerprint density at radius 1 is 0.912 bits per heavy atom. The summed E-state index contributed by atoms with van der Waals surface area (Å²) in [4.78, 5) is 39.8. The number of aryl methyl sites for hydroxylation is 1. The Labute approximate surface area is 197 Å². The summed E-state index contributed by atoms with van der Waals surface area (Å²) in [6.07, 6.45) is 0. The van der Waals surface area contributed by atoms with Gasteiger partial charge in [0, 0.05) is 11.4 Å². The smallest absolute Gasteiger partial charge is 0.340 e. The Balaban J connectivity index is 1.65. The number of H-pyrrole nitrogens is 1. The molecule has 9 nitrogen and oxygen atoms in total. The van der Waals surface area contributed by atoms with Crippen molar-refractivity contribution < 1.29 is 32.3 Å². The van der Waals surface area contributed by atoms with Gasteiger partial charge in [-0.05, 0) is 62.7 Å². The molecule has 0 bridgehead atoms. The molecule has 0 amide bonds. The lowest BCUT2D eigenvalue weighted by molar-refractivity contribution is 0.0472. The molecule has 0 saturated carbocycles. The average Bonchev–Trinajstić information content (AvgIpc) is 3.11. The fourth-order valence-corrected chi connectivity index (χ4v) is 4.37. The maximum Gasteiger partial charge on any atom is 0.340 e. The van der Waals surface area contributed by atoms with Gasteiger partial charge in [0.25, 0.3) is 10.0 Å². The molecule has 0 aliphatic rings. The predicted octanol–water partition coefficient (Wildman–Crippen LogP) is 3.65. The summed E-state index contributed by atoms with van der Waals surface area (Å²) < 4.78 is 37.5. The minimum Gasteiger partial charge on any atom is -0.462 e. The van der Waals surface area contributed by atoms with E-state index in [-0.39, 0.29) is 28.3 Å². The molecule has 0 fully saturated rings. The number of para-hydroxylation sites is 1. The molecule has 3 rings (SSSR count). The molecule has 0 spiro atoms. The highest BCUT2D eigenvalue weighted by Crippen LogP contribution is 2.20. The summed E-state index contributed by atoms with van der Waals surface area (Å²) in [7, 11) is -3.83. The molecular formula is C24H24N2O7S. The number of aromatic nitrogens is 1. The van der Waals surface area contributed by atoms with Gasteiger partial charge in [0.15, 0.2) is 6.61 Å². The molecule has 178 valence electrons. The Kier molecular flexibility index (Phi) is 7.52. The number of sulfonamides is 1. The fourth-order valence-electron chi connectivity index (χ4n) is 3.32. The third kappa shape index (κ3) is 5.52. The van der Waals surface area contributed by atoms with E-state index in [4.69, 9.17) is 9.47 Å². The summed E-state index contributed by atoms with van der Waals surface area (Å²) in [5, 5.41) is 0. The van der Waals surface area contributed by atoms with Gasteiger partial charge in [-0.3, -0.25) is 9.52 Å². The number of hydrogen-bond donors (Lipinski definition) is 2. The van der Waals surface area contributed by atoms with E-state index in [9.17, 15) is 22.8 Å². The van der Waals surface area contributed by atoms with Crippen molar-refractivity contribution in [3.05, 3.63) is 82.7 Å². The number of aromatic amines is 1. The van der Waals surface area contributed by atoms with Crippen molar-refractivity contribution in [3.8, 4) is 0 Å². The quantitative estimate of drug-likeness (QED) is 0.350. The van der Waals surface area contributed by atoms with Gasteiger partial charge in [0.1, 0.15) is 0 Å². The molecule has 0 aliphatic heterocycles. The van der Waals surface area contributed by atoms with Crippen LogP contribution in [-0.4, -0.2) is 44.3 Å². The van der Waals surface area contributed by atoms with Gasteiger partial charge in [0.05, 0.1) is 28.3 Å². The molecule has 0 atom stereocenters. The van der Waals surface area contributed by atoms with Crippen molar-refractivity contribution in [2.24, 2.45) is 0 Å². The zero-order valence-corrected chi connectivity index (χ0v) is 19.7. The van der Waals surface area contributed by atoms with Gasteiger partial charge in [-0.1, -0.05) is 18.2 Å². The van der Waals surface area contributed by atoms with Gasteiger partial charge < -0.3 is 14.5 Å². The van der Waals surface area contributed by atoms with E-state index in [1.165, 1.54) is 24.3 Å². The molecule has 1 aromatic heterocycles. The predicted molar refractivity (Wildman–Crippen MR) is 125 cm³/mol. The molecule has 0 radical (unpaired) electrons. The number of benzene rings is 2.